The Kier molecular flexibility index (Phi) is 5.87. The SMILES string of the molecule is COCC1CCN(C(=O)NC(CO)C(=O)O)CC1. The van der Waals surface area contributed by atoms with Crippen LogP contribution >= 0.6 is 0 Å². The summed E-state index contributed by atoms with van der Waals surface area (Å²) >= 11 is 0. The van der Waals surface area contributed by atoms with Crippen molar-refractivity contribution < 1.29 is 24.5 Å². The second-order valence-corrected chi connectivity index (χ2v) is 4.41. The van der Waals surface area contributed by atoms with E-state index in [9.17, 15) is 9.59 Å². The molecule has 0 aromatic heterocycles. The van der Waals surface area contributed by atoms with Crippen molar-refractivity contribution in [2.24, 2.45) is 5.92 Å². The first-order valence-corrected chi connectivity index (χ1v) is 5.96. The molecule has 3 N–H and O–H groups in total. The van der Waals surface area contributed by atoms with Crippen LogP contribution in [0.4, 0.5) is 4.79 Å². The van der Waals surface area contributed by atoms with Crippen molar-refractivity contribution in [3.05, 3.63) is 0 Å². The minimum absolute atomic E-state index is 0.438. The van der Waals surface area contributed by atoms with Gasteiger partial charge in [-0.1, -0.05) is 0 Å². The molecule has 1 fully saturated rings. The molecule has 1 rings (SSSR count). The number of nitrogens with one attached hydrogen (secondary N) is 1. The Morgan fingerprint density at radius 2 is 2.06 bits per heavy atom. The summed E-state index contributed by atoms with van der Waals surface area (Å²) in [5.74, 6) is -0.785. The lowest BCUT2D eigenvalue weighted by molar-refractivity contribution is -0.140. The molecule has 1 atom stereocenters. The van der Waals surface area contributed by atoms with Crippen LogP contribution in [0.3, 0.4) is 0 Å². The first-order valence-electron chi connectivity index (χ1n) is 5.96. The molecule has 1 aliphatic rings. The van der Waals surface area contributed by atoms with Gasteiger partial charge in [0.1, 0.15) is 0 Å². The Hall–Kier alpha value is -1.34. The van der Waals surface area contributed by atoms with E-state index in [4.69, 9.17) is 14.9 Å². The summed E-state index contributed by atoms with van der Waals surface area (Å²) in [6, 6.07) is -1.68. The number of hydrogen-bond donors (Lipinski definition) is 3. The third-order valence-corrected chi connectivity index (χ3v) is 3.08. The number of carbonyl (C=O) groups is 2. The minimum Gasteiger partial charge on any atom is -0.480 e. The highest BCUT2D eigenvalue weighted by Crippen LogP contribution is 2.17. The number of rotatable bonds is 5. The molecule has 1 saturated heterocycles. The van der Waals surface area contributed by atoms with Crippen molar-refractivity contribution >= 4 is 12.0 Å². The van der Waals surface area contributed by atoms with Gasteiger partial charge in [0.05, 0.1) is 6.61 Å². The van der Waals surface area contributed by atoms with Crippen molar-refractivity contribution in [1.82, 2.24) is 10.2 Å². The molecule has 7 nitrogen and oxygen atoms in total. The molecular formula is C11H20N2O5. The number of aliphatic carboxylic acids is 1. The summed E-state index contributed by atoms with van der Waals surface area (Å²) in [5.41, 5.74) is 0. The maximum atomic E-state index is 11.7. The van der Waals surface area contributed by atoms with Gasteiger partial charge in [-0.2, -0.15) is 0 Å². The first kappa shape index (κ1) is 14.7. The highest BCUT2D eigenvalue weighted by atomic mass is 16.5. The Morgan fingerprint density at radius 1 is 1.44 bits per heavy atom. The van der Waals surface area contributed by atoms with Crippen molar-refractivity contribution in [3.8, 4) is 0 Å². The normalized spacial score (nSPS) is 18.4. The van der Waals surface area contributed by atoms with E-state index in [0.717, 1.165) is 12.8 Å². The Bertz CT molecular complexity index is 289. The molecule has 1 heterocycles. The molecular weight excluding hydrogens is 240 g/mol. The zero-order chi connectivity index (χ0) is 13.5. The number of carboxylic acids is 1. The molecule has 104 valence electrons. The minimum atomic E-state index is -1.24. The van der Waals surface area contributed by atoms with E-state index in [1.165, 1.54) is 0 Å². The quantitative estimate of drug-likeness (QED) is 0.619. The molecule has 0 saturated carbocycles. The van der Waals surface area contributed by atoms with Crippen LogP contribution in [0.5, 0.6) is 0 Å². The number of likely N-dealkylation sites (tertiary alicyclic amines) is 1. The fraction of sp³-hybridized carbons (Fsp3) is 0.818. The lowest BCUT2D eigenvalue weighted by Gasteiger charge is -2.32. The molecule has 0 aromatic rings. The summed E-state index contributed by atoms with van der Waals surface area (Å²) in [4.78, 5) is 24.0. The van der Waals surface area contributed by atoms with Gasteiger partial charge < -0.3 is 25.2 Å². The highest BCUT2D eigenvalue weighted by Gasteiger charge is 2.26. The predicted octanol–water partition coefficient (Wildman–Crippen LogP) is -0.500. The number of aliphatic hydroxyl groups excluding tert-OH is 1. The van der Waals surface area contributed by atoms with E-state index in [1.54, 1.807) is 12.0 Å². The van der Waals surface area contributed by atoms with Gasteiger partial charge in [-0.25, -0.2) is 9.59 Å². The van der Waals surface area contributed by atoms with Crippen LogP contribution in [-0.2, 0) is 9.53 Å². The van der Waals surface area contributed by atoms with Crippen LogP contribution in [-0.4, -0.2) is 66.6 Å². The number of amides is 2. The summed E-state index contributed by atoms with van der Waals surface area (Å²) in [6.45, 7) is 1.24. The van der Waals surface area contributed by atoms with Crippen LogP contribution in [0.1, 0.15) is 12.8 Å². The standard InChI is InChI=1S/C11H20N2O5/c1-18-7-8-2-4-13(5-3-8)11(17)12-9(6-14)10(15)16/h8-9,14H,2-7H2,1H3,(H,12,17)(H,15,16). The van der Waals surface area contributed by atoms with Gasteiger partial charge in [0.2, 0.25) is 0 Å². The number of nitrogens with zero attached hydrogens (tertiary/aromatic N) is 1. The molecule has 0 aliphatic carbocycles. The van der Waals surface area contributed by atoms with Crippen LogP contribution in [0.15, 0.2) is 0 Å². The van der Waals surface area contributed by atoms with Crippen LogP contribution < -0.4 is 5.32 Å². The highest BCUT2D eigenvalue weighted by molar-refractivity contribution is 5.82. The summed E-state index contributed by atoms with van der Waals surface area (Å²) in [7, 11) is 1.65. The third kappa shape index (κ3) is 4.15. The van der Waals surface area contributed by atoms with Gasteiger partial charge in [0.15, 0.2) is 6.04 Å². The molecule has 7 heteroatoms. The zero-order valence-corrected chi connectivity index (χ0v) is 10.5. The maximum absolute atomic E-state index is 11.7. The molecule has 0 aromatic carbocycles. The van der Waals surface area contributed by atoms with Crippen molar-refractivity contribution in [2.45, 2.75) is 18.9 Å². The number of carbonyl (C=O) groups excluding carboxylic acids is 1. The fourth-order valence-electron chi connectivity index (χ4n) is 1.96. The summed E-state index contributed by atoms with van der Waals surface area (Å²) in [5, 5.41) is 19.8. The van der Waals surface area contributed by atoms with Gasteiger partial charge in [-0.15, -0.1) is 0 Å². The molecule has 0 radical (unpaired) electrons. The molecule has 0 spiro atoms. The Labute approximate surface area is 106 Å². The topological polar surface area (TPSA) is 99.1 Å². The monoisotopic (exact) mass is 260 g/mol. The van der Waals surface area contributed by atoms with Gasteiger partial charge in [0, 0.05) is 26.8 Å². The zero-order valence-electron chi connectivity index (χ0n) is 10.5. The van der Waals surface area contributed by atoms with E-state index < -0.39 is 24.6 Å². The largest absolute Gasteiger partial charge is 0.480 e. The average molecular weight is 260 g/mol. The van der Waals surface area contributed by atoms with E-state index in [2.05, 4.69) is 5.32 Å². The van der Waals surface area contributed by atoms with E-state index in [0.29, 0.717) is 25.6 Å². The van der Waals surface area contributed by atoms with Gasteiger partial charge in [-0.3, -0.25) is 0 Å². The third-order valence-electron chi connectivity index (χ3n) is 3.08. The smallest absolute Gasteiger partial charge is 0.328 e. The number of urea groups is 1. The number of hydrogen-bond acceptors (Lipinski definition) is 4. The second-order valence-electron chi connectivity index (χ2n) is 4.41. The predicted molar refractivity (Wildman–Crippen MR) is 63.2 cm³/mol. The second kappa shape index (κ2) is 7.17. The molecule has 1 aliphatic heterocycles. The number of aliphatic hydroxyl groups is 1. The van der Waals surface area contributed by atoms with Crippen LogP contribution in [0, 0.1) is 5.92 Å². The van der Waals surface area contributed by atoms with Crippen molar-refractivity contribution in [2.75, 3.05) is 33.4 Å². The van der Waals surface area contributed by atoms with Gasteiger partial charge in [0.25, 0.3) is 0 Å². The number of carboxylic acid groups (broad SMARTS) is 1. The van der Waals surface area contributed by atoms with Gasteiger partial charge in [-0.05, 0) is 18.8 Å². The summed E-state index contributed by atoms with van der Waals surface area (Å²) in [6.07, 6.45) is 1.69. The molecule has 0 bridgehead atoms. The van der Waals surface area contributed by atoms with E-state index in [-0.39, 0.29) is 0 Å². The Morgan fingerprint density at radius 3 is 2.50 bits per heavy atom. The molecule has 18 heavy (non-hydrogen) atoms. The average Bonchev–Trinajstić information content (AvgIpc) is 2.36. The van der Waals surface area contributed by atoms with Gasteiger partial charge >= 0.3 is 12.0 Å². The first-order chi connectivity index (χ1) is 8.58. The number of methoxy groups -OCH3 is 1. The fourth-order valence-corrected chi connectivity index (χ4v) is 1.96. The summed E-state index contributed by atoms with van der Waals surface area (Å²) < 4.78 is 5.06. The number of ether oxygens (including phenoxy) is 1. The van der Waals surface area contributed by atoms with Crippen LogP contribution in [0.2, 0.25) is 0 Å². The van der Waals surface area contributed by atoms with Crippen molar-refractivity contribution in [1.29, 1.82) is 0 Å². The van der Waals surface area contributed by atoms with Crippen LogP contribution in [0.25, 0.3) is 0 Å². The van der Waals surface area contributed by atoms with E-state index in [1.807, 2.05) is 0 Å². The maximum Gasteiger partial charge on any atom is 0.328 e. The molecule has 2 amide bonds. The van der Waals surface area contributed by atoms with Crippen molar-refractivity contribution in [3.63, 3.8) is 0 Å². The lowest BCUT2D eigenvalue weighted by atomic mass is 9.98. The number of piperidine rings is 1. The van der Waals surface area contributed by atoms with E-state index >= 15 is 0 Å². The Balaban J connectivity index is 2.38. The lowest BCUT2D eigenvalue weighted by Crippen LogP contribution is -2.51. The molecule has 1 unspecified atom stereocenters.